The number of nitrogens with zero attached hydrogens (tertiary/aromatic N) is 2. The molecule has 3 heteroatoms. The maximum absolute atomic E-state index is 4.19. The second-order valence-electron chi connectivity index (χ2n) is 4.27. The first kappa shape index (κ1) is 10.4. The van der Waals surface area contributed by atoms with Crippen LogP contribution >= 0.6 is 11.8 Å². The molecule has 0 aromatic carbocycles. The fourth-order valence-corrected chi connectivity index (χ4v) is 2.07. The van der Waals surface area contributed by atoms with Crippen molar-refractivity contribution in [1.29, 1.82) is 0 Å². The molecule has 1 aliphatic carbocycles. The summed E-state index contributed by atoms with van der Waals surface area (Å²) in [6.07, 6.45) is 11.3. The average Bonchev–Trinajstić information content (AvgIpc) is 2.23. The first-order chi connectivity index (χ1) is 7.16. The van der Waals surface area contributed by atoms with E-state index in [1.165, 1.54) is 4.91 Å². The molecule has 1 aromatic rings. The van der Waals surface area contributed by atoms with Crippen LogP contribution < -0.4 is 0 Å². The van der Waals surface area contributed by atoms with Crippen molar-refractivity contribution in [2.45, 2.75) is 25.4 Å². The van der Waals surface area contributed by atoms with E-state index in [1.807, 2.05) is 6.07 Å². The molecule has 0 unspecified atom stereocenters. The summed E-state index contributed by atoms with van der Waals surface area (Å²) in [5, 5.41) is 0.813. The second kappa shape index (κ2) is 4.19. The van der Waals surface area contributed by atoms with E-state index < -0.39 is 0 Å². The van der Waals surface area contributed by atoms with Crippen molar-refractivity contribution in [3.8, 4) is 0 Å². The van der Waals surface area contributed by atoms with Gasteiger partial charge in [0.1, 0.15) is 0 Å². The van der Waals surface area contributed by atoms with E-state index in [1.54, 1.807) is 24.2 Å². The summed E-state index contributed by atoms with van der Waals surface area (Å²) >= 11 is 1.62. The Labute approximate surface area is 94.5 Å². The lowest BCUT2D eigenvalue weighted by molar-refractivity contribution is 0.484. The van der Waals surface area contributed by atoms with Crippen molar-refractivity contribution < 1.29 is 0 Å². The molecule has 78 valence electrons. The Balaban J connectivity index is 2.04. The van der Waals surface area contributed by atoms with Gasteiger partial charge in [-0.3, -0.25) is 0 Å². The van der Waals surface area contributed by atoms with Crippen LogP contribution in [0.25, 0.3) is 0 Å². The highest BCUT2D eigenvalue weighted by Crippen LogP contribution is 2.34. The summed E-state index contributed by atoms with van der Waals surface area (Å²) in [5.41, 5.74) is 0.293. The van der Waals surface area contributed by atoms with Gasteiger partial charge in [-0.25, -0.2) is 9.97 Å². The first-order valence-corrected chi connectivity index (χ1v) is 5.82. The van der Waals surface area contributed by atoms with Crippen LogP contribution in [0.5, 0.6) is 0 Å². The topological polar surface area (TPSA) is 25.8 Å². The van der Waals surface area contributed by atoms with Crippen molar-refractivity contribution in [3.63, 3.8) is 0 Å². The molecular formula is C12H14N2S. The predicted octanol–water partition coefficient (Wildman–Crippen LogP) is 3.44. The number of thioether (sulfide) groups is 1. The molecule has 0 atom stereocenters. The molecule has 0 fully saturated rings. The molecule has 1 aromatic heterocycles. The van der Waals surface area contributed by atoms with Crippen LogP contribution in [0, 0.1) is 5.41 Å². The van der Waals surface area contributed by atoms with Gasteiger partial charge in [0.05, 0.1) is 0 Å². The molecule has 0 saturated carbocycles. The molecule has 0 spiro atoms. The normalized spacial score (nSPS) is 18.7. The lowest BCUT2D eigenvalue weighted by Gasteiger charge is -2.21. The standard InChI is InChI=1S/C12H14N2S/c1-12(2)6-4-10(5-7-12)15-11-13-8-3-9-14-11/h3-6,8-9H,7H2,1-2H3. The number of hydrogen-bond acceptors (Lipinski definition) is 3. The Kier molecular flexibility index (Phi) is 2.91. The van der Waals surface area contributed by atoms with E-state index in [-0.39, 0.29) is 0 Å². The number of rotatable bonds is 2. The van der Waals surface area contributed by atoms with Crippen molar-refractivity contribution in [3.05, 3.63) is 41.6 Å². The summed E-state index contributed by atoms with van der Waals surface area (Å²) in [6.45, 7) is 4.47. The van der Waals surface area contributed by atoms with Crippen molar-refractivity contribution >= 4 is 11.8 Å². The molecule has 0 aliphatic heterocycles. The molecule has 2 nitrogen and oxygen atoms in total. The molecular weight excluding hydrogens is 204 g/mol. The second-order valence-corrected chi connectivity index (χ2v) is 5.31. The first-order valence-electron chi connectivity index (χ1n) is 5.00. The fraction of sp³-hybridized carbons (Fsp3) is 0.333. The van der Waals surface area contributed by atoms with Crippen LogP contribution in [0.4, 0.5) is 0 Å². The zero-order valence-electron chi connectivity index (χ0n) is 8.97. The minimum Gasteiger partial charge on any atom is -0.231 e. The Morgan fingerprint density at radius 2 is 2.00 bits per heavy atom. The van der Waals surface area contributed by atoms with Gasteiger partial charge in [0.2, 0.25) is 0 Å². The van der Waals surface area contributed by atoms with Gasteiger partial charge in [0.15, 0.2) is 5.16 Å². The molecule has 0 radical (unpaired) electrons. The molecule has 15 heavy (non-hydrogen) atoms. The van der Waals surface area contributed by atoms with Gasteiger partial charge in [-0.2, -0.15) is 0 Å². The third kappa shape index (κ3) is 2.93. The molecule has 0 amide bonds. The fourth-order valence-electron chi connectivity index (χ4n) is 1.33. The van der Waals surface area contributed by atoms with Gasteiger partial charge in [0.25, 0.3) is 0 Å². The van der Waals surface area contributed by atoms with Crippen LogP contribution in [0.2, 0.25) is 0 Å². The van der Waals surface area contributed by atoms with E-state index in [0.29, 0.717) is 5.41 Å². The van der Waals surface area contributed by atoms with E-state index in [0.717, 1.165) is 11.6 Å². The maximum atomic E-state index is 4.19. The van der Waals surface area contributed by atoms with Gasteiger partial charge in [-0.1, -0.05) is 43.8 Å². The lowest BCUT2D eigenvalue weighted by atomic mass is 9.86. The Bertz CT molecular complexity index is 393. The molecule has 0 N–H and O–H groups in total. The zero-order valence-corrected chi connectivity index (χ0v) is 9.79. The third-order valence-corrected chi connectivity index (χ3v) is 3.21. The van der Waals surface area contributed by atoms with E-state index in [4.69, 9.17) is 0 Å². The summed E-state index contributed by atoms with van der Waals surface area (Å²) < 4.78 is 0. The van der Waals surface area contributed by atoms with Gasteiger partial charge >= 0.3 is 0 Å². The Morgan fingerprint density at radius 3 is 2.60 bits per heavy atom. The van der Waals surface area contributed by atoms with Gasteiger partial charge in [-0.05, 0) is 17.9 Å². The van der Waals surface area contributed by atoms with Gasteiger partial charge in [-0.15, -0.1) is 0 Å². The molecule has 1 aliphatic rings. The summed E-state index contributed by atoms with van der Waals surface area (Å²) in [4.78, 5) is 9.61. The quantitative estimate of drug-likeness (QED) is 0.711. The zero-order chi connectivity index (χ0) is 10.7. The van der Waals surface area contributed by atoms with E-state index in [9.17, 15) is 0 Å². The highest BCUT2D eigenvalue weighted by Gasteiger charge is 2.16. The summed E-state index contributed by atoms with van der Waals surface area (Å²) in [5.74, 6) is 0. The maximum Gasteiger partial charge on any atom is 0.192 e. The van der Waals surface area contributed by atoms with Gasteiger partial charge in [0, 0.05) is 17.3 Å². The van der Waals surface area contributed by atoms with Crippen molar-refractivity contribution in [2.24, 2.45) is 5.41 Å². The van der Waals surface area contributed by atoms with E-state index in [2.05, 4.69) is 42.0 Å². The number of aromatic nitrogens is 2. The summed E-state index contributed by atoms with van der Waals surface area (Å²) in [6, 6.07) is 1.83. The van der Waals surface area contributed by atoms with Crippen molar-refractivity contribution in [1.82, 2.24) is 9.97 Å². The minimum absolute atomic E-state index is 0.293. The SMILES string of the molecule is CC1(C)C=CC(Sc2ncccn2)=CC1. The highest BCUT2D eigenvalue weighted by molar-refractivity contribution is 8.03. The largest absolute Gasteiger partial charge is 0.231 e. The molecule has 2 rings (SSSR count). The molecule has 0 saturated heterocycles. The van der Waals surface area contributed by atoms with Crippen LogP contribution in [0.1, 0.15) is 20.3 Å². The van der Waals surface area contributed by atoms with E-state index >= 15 is 0 Å². The number of hydrogen-bond donors (Lipinski definition) is 0. The average molecular weight is 218 g/mol. The third-order valence-electron chi connectivity index (χ3n) is 2.28. The molecule has 0 bridgehead atoms. The van der Waals surface area contributed by atoms with Crippen LogP contribution in [-0.2, 0) is 0 Å². The Hall–Kier alpha value is -1.09. The predicted molar refractivity (Wildman–Crippen MR) is 63.5 cm³/mol. The van der Waals surface area contributed by atoms with Crippen LogP contribution in [-0.4, -0.2) is 9.97 Å². The van der Waals surface area contributed by atoms with Gasteiger partial charge < -0.3 is 0 Å². The Morgan fingerprint density at radius 1 is 1.27 bits per heavy atom. The van der Waals surface area contributed by atoms with Crippen LogP contribution in [0.3, 0.4) is 0 Å². The lowest BCUT2D eigenvalue weighted by Crippen LogP contribution is -2.08. The van der Waals surface area contributed by atoms with Crippen LogP contribution in [0.15, 0.2) is 46.7 Å². The summed E-state index contributed by atoms with van der Waals surface area (Å²) in [7, 11) is 0. The monoisotopic (exact) mass is 218 g/mol. The van der Waals surface area contributed by atoms with Crippen molar-refractivity contribution in [2.75, 3.05) is 0 Å². The number of allylic oxidation sites excluding steroid dienone is 3. The molecule has 1 heterocycles. The minimum atomic E-state index is 0.293. The smallest absolute Gasteiger partial charge is 0.192 e. The highest BCUT2D eigenvalue weighted by atomic mass is 32.2.